The lowest BCUT2D eigenvalue weighted by Crippen LogP contribution is -2.21. The van der Waals surface area contributed by atoms with Crippen molar-refractivity contribution in [3.8, 4) is 0 Å². The number of aromatic nitrogens is 2. The van der Waals surface area contributed by atoms with E-state index in [0.29, 0.717) is 22.1 Å². The van der Waals surface area contributed by atoms with Gasteiger partial charge in [0.25, 0.3) is 5.91 Å². The number of carbonyl (C=O) groups excluding carboxylic acids is 2. The van der Waals surface area contributed by atoms with Crippen LogP contribution in [0.25, 0.3) is 11.6 Å². The maximum atomic E-state index is 12.9. The van der Waals surface area contributed by atoms with Crippen LogP contribution in [0, 0.1) is 11.6 Å². The Hall–Kier alpha value is -4.42. The summed E-state index contributed by atoms with van der Waals surface area (Å²) in [5.41, 5.74) is 2.70. The van der Waals surface area contributed by atoms with Gasteiger partial charge in [0.15, 0.2) is 5.76 Å². The minimum Gasteiger partial charge on any atom is -0.503 e. The molecule has 1 aliphatic heterocycles. The summed E-state index contributed by atoms with van der Waals surface area (Å²) in [4.78, 5) is 34.9. The first-order valence-corrected chi connectivity index (χ1v) is 15.4. The monoisotopic (exact) mass is 671 g/mol. The normalized spacial score (nSPS) is 12.7. The molecule has 0 atom stereocenters. The second-order valence-corrected chi connectivity index (χ2v) is 12.0. The number of hydrogen-bond acceptors (Lipinski definition) is 9. The number of likely N-dealkylation sites (N-methyl/N-ethyl adjacent to an activating group) is 1. The minimum absolute atomic E-state index is 0. The van der Waals surface area contributed by atoms with Gasteiger partial charge in [0.2, 0.25) is 5.76 Å². The lowest BCUT2D eigenvalue weighted by Gasteiger charge is -2.05. The van der Waals surface area contributed by atoms with Crippen LogP contribution in [0.15, 0.2) is 72.4 Å². The van der Waals surface area contributed by atoms with Crippen LogP contribution in [0.3, 0.4) is 0 Å². The van der Waals surface area contributed by atoms with Crippen molar-refractivity contribution in [1.82, 2.24) is 14.9 Å². The van der Waals surface area contributed by atoms with E-state index in [4.69, 9.17) is 0 Å². The summed E-state index contributed by atoms with van der Waals surface area (Å²) in [6.07, 6.45) is 7.90. The molecule has 2 N–H and O–H groups in total. The molecule has 46 heavy (non-hydrogen) atoms. The number of ether oxygens (including phenoxy) is 1. The van der Waals surface area contributed by atoms with Crippen LogP contribution in [-0.2, 0) is 40.0 Å². The van der Waals surface area contributed by atoms with Gasteiger partial charge in [0.05, 0.1) is 18.7 Å². The average molecular weight is 672 g/mol. The Balaban J connectivity index is 0.000000307. The fourth-order valence-corrected chi connectivity index (χ4v) is 5.95. The van der Waals surface area contributed by atoms with E-state index in [1.807, 2.05) is 0 Å². The van der Waals surface area contributed by atoms with E-state index in [2.05, 4.69) is 14.7 Å². The van der Waals surface area contributed by atoms with Gasteiger partial charge >= 0.3 is 5.97 Å². The fraction of sp³-hybridized carbons (Fsp3) is 0.294. The van der Waals surface area contributed by atoms with Crippen LogP contribution in [0.5, 0.6) is 0 Å². The smallest absolute Gasteiger partial charge is 0.373 e. The number of halogens is 2. The molecule has 2 aromatic carbocycles. The molecule has 0 bridgehead atoms. The maximum absolute atomic E-state index is 12.9. The molecule has 0 aliphatic carbocycles. The van der Waals surface area contributed by atoms with E-state index in [-0.39, 0.29) is 44.8 Å². The third kappa shape index (κ3) is 10.6. The van der Waals surface area contributed by atoms with Gasteiger partial charge in [-0.3, -0.25) is 4.79 Å². The summed E-state index contributed by atoms with van der Waals surface area (Å²) in [7, 11) is 1.65. The molecule has 0 saturated carbocycles. The predicted octanol–water partition coefficient (Wildman–Crippen LogP) is 7.61. The molecule has 1 aliphatic rings. The Bertz CT molecular complexity index is 1650. The van der Waals surface area contributed by atoms with Crippen molar-refractivity contribution < 1.29 is 33.3 Å². The zero-order valence-electron chi connectivity index (χ0n) is 24.1. The van der Waals surface area contributed by atoms with Gasteiger partial charge in [-0.05, 0) is 68.0 Å². The van der Waals surface area contributed by atoms with Crippen LogP contribution < -0.4 is 0 Å². The zero-order chi connectivity index (χ0) is 31.6. The van der Waals surface area contributed by atoms with E-state index < -0.39 is 11.7 Å². The van der Waals surface area contributed by atoms with Crippen LogP contribution in [0.1, 0.15) is 52.7 Å². The van der Waals surface area contributed by atoms with E-state index in [1.54, 1.807) is 50.6 Å². The van der Waals surface area contributed by atoms with E-state index >= 15 is 0 Å². The Morgan fingerprint density at radius 2 is 1.43 bits per heavy atom. The van der Waals surface area contributed by atoms with Crippen molar-refractivity contribution in [3.63, 3.8) is 0 Å². The van der Waals surface area contributed by atoms with Crippen LogP contribution in [0.2, 0.25) is 0 Å². The summed E-state index contributed by atoms with van der Waals surface area (Å²) < 4.78 is 30.4. The molecule has 3 heterocycles. The topological polar surface area (TPSA) is 113 Å². The summed E-state index contributed by atoms with van der Waals surface area (Å²) in [6, 6.07) is 12.8. The molecule has 8 nitrogen and oxygen atoms in total. The molecule has 2 aromatic heterocycles. The number of thiazole rings is 2. The van der Waals surface area contributed by atoms with E-state index in [1.165, 1.54) is 57.9 Å². The molecular formula is C34H39F2N3O5S2. The molecule has 0 saturated heterocycles. The number of nitrogens with zero attached hydrogens (tertiary/aromatic N) is 3. The molecule has 4 aromatic rings. The van der Waals surface area contributed by atoms with Crippen molar-refractivity contribution in [2.75, 3.05) is 20.2 Å². The SMILES string of the molecule is C.C.CCOC(=O)/C(O)=C/c1ncc(CCc2ccc(F)cc2)s1.CN1CC(c2ncc(CCc3ccc(F)cc3)s2)=C(O)C1=O. The minimum atomic E-state index is -0.759. The first-order valence-electron chi connectivity index (χ1n) is 13.8. The Morgan fingerprint density at radius 1 is 0.913 bits per heavy atom. The highest BCUT2D eigenvalue weighted by Crippen LogP contribution is 2.29. The molecule has 12 heteroatoms. The van der Waals surface area contributed by atoms with Crippen LogP contribution >= 0.6 is 22.7 Å². The third-order valence-corrected chi connectivity index (χ3v) is 8.63. The molecule has 0 spiro atoms. The zero-order valence-corrected chi connectivity index (χ0v) is 25.8. The van der Waals surface area contributed by atoms with Gasteiger partial charge in [0, 0.05) is 35.3 Å². The predicted molar refractivity (Wildman–Crippen MR) is 180 cm³/mol. The number of aliphatic hydroxyl groups excluding tert-OH is 2. The molecule has 246 valence electrons. The number of hydrogen-bond donors (Lipinski definition) is 2. The number of esters is 1. The standard InChI is InChI=1S/C16H15FN2O2S.C16H16FNO3S.2CH4/c1-19-9-13(14(20)16(19)21)15-18-8-12(22-15)7-4-10-2-5-11(17)6-3-10;1-2-21-16(20)14(19)9-15-18-10-13(22-15)8-5-11-3-6-12(17)7-4-11;;/h2-3,5-6,8,20H,4,7,9H2,1H3;3-4,6-7,9-10,19H,2,5,8H2,1H3;2*1H4/b;14-9-;;. The molecule has 0 fully saturated rings. The number of amides is 1. The quantitative estimate of drug-likeness (QED) is 0.101. The second kappa shape index (κ2) is 17.9. The highest BCUT2D eigenvalue weighted by atomic mass is 32.1. The first kappa shape index (κ1) is 37.8. The summed E-state index contributed by atoms with van der Waals surface area (Å²) in [6.45, 7) is 2.26. The lowest BCUT2D eigenvalue weighted by molar-refractivity contribution is -0.141. The van der Waals surface area contributed by atoms with Gasteiger partial charge in [-0.15, -0.1) is 22.7 Å². The van der Waals surface area contributed by atoms with Crippen molar-refractivity contribution >= 4 is 46.2 Å². The van der Waals surface area contributed by atoms with Crippen LogP contribution in [0.4, 0.5) is 8.78 Å². The maximum Gasteiger partial charge on any atom is 0.373 e. The highest BCUT2D eigenvalue weighted by molar-refractivity contribution is 7.13. The van der Waals surface area contributed by atoms with Gasteiger partial charge in [-0.25, -0.2) is 23.5 Å². The number of carbonyl (C=O) groups is 2. The van der Waals surface area contributed by atoms with Gasteiger partial charge < -0.3 is 19.8 Å². The largest absolute Gasteiger partial charge is 0.503 e. The Morgan fingerprint density at radius 3 is 1.93 bits per heavy atom. The van der Waals surface area contributed by atoms with Crippen molar-refractivity contribution in [1.29, 1.82) is 0 Å². The molecule has 1 amide bonds. The summed E-state index contributed by atoms with van der Waals surface area (Å²) in [5, 5.41) is 20.6. The van der Waals surface area contributed by atoms with Crippen molar-refractivity contribution in [2.45, 2.75) is 47.5 Å². The summed E-state index contributed by atoms with van der Waals surface area (Å²) in [5.74, 6) is -2.27. The van der Waals surface area contributed by atoms with Gasteiger partial charge in [0.1, 0.15) is 21.6 Å². The van der Waals surface area contributed by atoms with Crippen molar-refractivity contribution in [2.24, 2.45) is 0 Å². The van der Waals surface area contributed by atoms with Gasteiger partial charge in [-0.1, -0.05) is 39.1 Å². The second-order valence-electron chi connectivity index (χ2n) is 9.79. The highest BCUT2D eigenvalue weighted by Gasteiger charge is 2.29. The van der Waals surface area contributed by atoms with Gasteiger partial charge in [-0.2, -0.15) is 0 Å². The van der Waals surface area contributed by atoms with Crippen molar-refractivity contribution in [3.05, 3.63) is 115 Å². The lowest BCUT2D eigenvalue weighted by atomic mass is 10.1. The summed E-state index contributed by atoms with van der Waals surface area (Å²) >= 11 is 2.87. The fourth-order valence-electron chi connectivity index (χ4n) is 4.15. The first-order chi connectivity index (χ1) is 21.1. The van der Waals surface area contributed by atoms with E-state index in [9.17, 15) is 28.6 Å². The van der Waals surface area contributed by atoms with Crippen LogP contribution in [-0.4, -0.2) is 57.2 Å². The molecular weight excluding hydrogens is 633 g/mol. The molecule has 0 radical (unpaired) electrons. The van der Waals surface area contributed by atoms with E-state index in [0.717, 1.165) is 46.6 Å². The Labute approximate surface area is 276 Å². The third-order valence-electron chi connectivity index (χ3n) is 6.51. The average Bonchev–Trinajstić information content (AvgIpc) is 3.74. The number of rotatable bonds is 10. The Kier molecular flexibility index (Phi) is 14.7. The molecule has 0 unspecified atom stereocenters. The number of aliphatic hydroxyl groups is 2. The molecule has 5 rings (SSSR count). The number of aryl methyl sites for hydroxylation is 4. The number of benzene rings is 2.